The van der Waals surface area contributed by atoms with Gasteiger partial charge in [-0.3, -0.25) is 14.1 Å². The highest BCUT2D eigenvalue weighted by atomic mass is 32.2. The van der Waals surface area contributed by atoms with E-state index in [1.807, 2.05) is 0 Å². The van der Waals surface area contributed by atoms with Crippen molar-refractivity contribution < 1.29 is 22.6 Å². The second-order valence-corrected chi connectivity index (χ2v) is 7.03. The monoisotopic (exact) mass is 332 g/mol. The summed E-state index contributed by atoms with van der Waals surface area (Å²) in [7, 11) is -4.56. The Morgan fingerprint density at radius 3 is 2.86 bits per heavy atom. The first-order valence-corrected chi connectivity index (χ1v) is 8.36. The van der Waals surface area contributed by atoms with Crippen molar-refractivity contribution in [1.82, 2.24) is 14.2 Å². The summed E-state index contributed by atoms with van der Waals surface area (Å²) >= 11 is 1.22. The Labute approximate surface area is 124 Å². The summed E-state index contributed by atoms with van der Waals surface area (Å²) in [5.41, 5.74) is 6.00. The highest BCUT2D eigenvalue weighted by Crippen LogP contribution is 2.35. The third-order valence-corrected chi connectivity index (χ3v) is 5.28. The maximum Gasteiger partial charge on any atom is 0.362 e. The molecule has 11 heteroatoms. The summed E-state index contributed by atoms with van der Waals surface area (Å²) < 4.78 is 31.5. The van der Waals surface area contributed by atoms with Crippen LogP contribution < -0.4 is 5.73 Å². The quantitative estimate of drug-likeness (QED) is 0.529. The van der Waals surface area contributed by atoms with Gasteiger partial charge in [0.2, 0.25) is 5.91 Å². The lowest BCUT2D eigenvalue weighted by molar-refractivity contribution is -0.151. The first-order valence-electron chi connectivity index (χ1n) is 6.09. The molecule has 3 rings (SSSR count). The topological polar surface area (TPSA) is 134 Å². The van der Waals surface area contributed by atoms with E-state index in [2.05, 4.69) is 4.98 Å². The molecule has 2 saturated heterocycles. The second-order valence-electron chi connectivity index (χ2n) is 4.85. The number of likely N-dealkylation sites (tertiary alicyclic amines) is 1. The molecule has 0 radical (unpaired) electrons. The van der Waals surface area contributed by atoms with Gasteiger partial charge in [-0.1, -0.05) is 0 Å². The van der Waals surface area contributed by atoms with Crippen LogP contribution in [-0.2, 0) is 26.3 Å². The molecule has 2 aliphatic heterocycles. The molecule has 0 aliphatic carbocycles. The van der Waals surface area contributed by atoms with Crippen LogP contribution in [0.4, 0.5) is 5.13 Å². The van der Waals surface area contributed by atoms with Gasteiger partial charge >= 0.3 is 10.3 Å². The van der Waals surface area contributed by atoms with Gasteiger partial charge in [0.15, 0.2) is 5.13 Å². The molecule has 0 unspecified atom stereocenters. The number of amides is 2. The van der Waals surface area contributed by atoms with E-state index in [0.717, 1.165) is 0 Å². The maximum atomic E-state index is 12.2. The number of nitrogens with two attached hydrogens (primary N) is 1. The number of hydrogen-bond donors (Lipinski definition) is 2. The summed E-state index contributed by atoms with van der Waals surface area (Å²) in [5, 5.41) is 2.02. The summed E-state index contributed by atoms with van der Waals surface area (Å²) in [5.74, 6) is -1.08. The molecule has 2 atom stereocenters. The Hall–Kier alpha value is -1.72. The van der Waals surface area contributed by atoms with E-state index < -0.39 is 28.3 Å². The molecule has 21 heavy (non-hydrogen) atoms. The highest BCUT2D eigenvalue weighted by Gasteiger charge is 2.59. The minimum Gasteiger partial charge on any atom is -0.375 e. The van der Waals surface area contributed by atoms with Gasteiger partial charge in [0.25, 0.3) is 5.91 Å². The first-order chi connectivity index (χ1) is 9.79. The average molecular weight is 332 g/mol. The van der Waals surface area contributed by atoms with Crippen molar-refractivity contribution in [1.29, 1.82) is 0 Å². The molecule has 9 nitrogen and oxygen atoms in total. The third-order valence-electron chi connectivity index (χ3n) is 3.61. The lowest BCUT2D eigenvalue weighted by atomic mass is 10.00. The van der Waals surface area contributed by atoms with Gasteiger partial charge < -0.3 is 10.6 Å². The van der Waals surface area contributed by atoms with Crippen molar-refractivity contribution in [3.05, 3.63) is 11.1 Å². The van der Waals surface area contributed by atoms with E-state index in [1.54, 1.807) is 5.38 Å². The fourth-order valence-corrected chi connectivity index (χ4v) is 4.22. The van der Waals surface area contributed by atoms with Gasteiger partial charge in [-0.05, 0) is 6.42 Å². The van der Waals surface area contributed by atoms with Crippen molar-refractivity contribution in [3.8, 4) is 0 Å². The van der Waals surface area contributed by atoms with Crippen LogP contribution in [0.25, 0.3) is 0 Å². The van der Waals surface area contributed by atoms with Crippen molar-refractivity contribution >= 4 is 38.6 Å². The molecular weight excluding hydrogens is 320 g/mol. The largest absolute Gasteiger partial charge is 0.375 e. The SMILES string of the molecule is Nc1nc(CC(=O)N2CC[C@@H]3[C@H]2C(=O)N3S(=O)(=O)O)cs1. The predicted octanol–water partition coefficient (Wildman–Crippen LogP) is -1.12. The van der Waals surface area contributed by atoms with Gasteiger partial charge in [-0.25, -0.2) is 9.29 Å². The average Bonchev–Trinajstić information content (AvgIpc) is 2.91. The highest BCUT2D eigenvalue weighted by molar-refractivity contribution is 7.84. The smallest absolute Gasteiger partial charge is 0.362 e. The fourth-order valence-electron chi connectivity index (χ4n) is 2.76. The number of nitrogen functional groups attached to an aromatic ring is 1. The van der Waals surface area contributed by atoms with Gasteiger partial charge in [0, 0.05) is 11.9 Å². The first kappa shape index (κ1) is 14.2. The molecule has 0 saturated carbocycles. The van der Waals surface area contributed by atoms with Crippen LogP contribution in [0.15, 0.2) is 5.38 Å². The number of aromatic nitrogens is 1. The summed E-state index contributed by atoms with van der Waals surface area (Å²) in [6, 6.07) is -1.48. The minimum atomic E-state index is -4.56. The molecule has 3 heterocycles. The molecule has 0 spiro atoms. The van der Waals surface area contributed by atoms with Crippen LogP contribution >= 0.6 is 11.3 Å². The molecule has 2 fully saturated rings. The van der Waals surface area contributed by atoms with Gasteiger partial charge in [0.1, 0.15) is 6.04 Å². The van der Waals surface area contributed by atoms with Crippen molar-refractivity contribution in [2.75, 3.05) is 12.3 Å². The number of β-lactam (4-membered cyclic amide) rings is 1. The lowest BCUT2D eigenvalue weighted by Gasteiger charge is -2.42. The number of carbonyl (C=O) groups is 2. The van der Waals surface area contributed by atoms with Crippen molar-refractivity contribution in [2.24, 2.45) is 0 Å². The zero-order chi connectivity index (χ0) is 15.4. The van der Waals surface area contributed by atoms with Crippen LogP contribution in [0.1, 0.15) is 12.1 Å². The van der Waals surface area contributed by atoms with E-state index in [4.69, 9.17) is 10.3 Å². The van der Waals surface area contributed by atoms with Gasteiger partial charge in [0.05, 0.1) is 18.2 Å². The van der Waals surface area contributed by atoms with Crippen LogP contribution in [-0.4, -0.2) is 57.6 Å². The van der Waals surface area contributed by atoms with E-state index in [-0.39, 0.29) is 18.9 Å². The summed E-state index contributed by atoms with van der Waals surface area (Å²) in [4.78, 5) is 29.3. The standard InChI is InChI=1S/C10H12N4O5S2/c11-10-12-5(4-20-10)3-7(15)13-2-1-6-8(13)9(16)14(6)21(17,18)19/h4,6,8H,1-3H2,(H2,11,12)(H,17,18,19)/t6-,8+/m1/s1. The Kier molecular flexibility index (Phi) is 3.15. The molecular formula is C10H12N4O5S2. The molecule has 114 valence electrons. The Bertz CT molecular complexity index is 715. The molecule has 1 aromatic rings. The summed E-state index contributed by atoms with van der Waals surface area (Å²) in [6.45, 7) is 0.269. The molecule has 0 aromatic carbocycles. The summed E-state index contributed by atoms with van der Waals surface area (Å²) in [6.07, 6.45) is 0.331. The number of nitrogens with zero attached hydrogens (tertiary/aromatic N) is 3. The van der Waals surface area contributed by atoms with E-state index in [0.29, 0.717) is 21.6 Å². The van der Waals surface area contributed by atoms with Crippen LogP contribution in [0.3, 0.4) is 0 Å². The maximum absolute atomic E-state index is 12.2. The molecule has 3 N–H and O–H groups in total. The predicted molar refractivity (Wildman–Crippen MR) is 72.5 cm³/mol. The number of fused-ring (bicyclic) bond motifs is 1. The number of carbonyl (C=O) groups excluding carboxylic acids is 2. The normalized spacial score (nSPS) is 24.9. The molecule has 0 bridgehead atoms. The second kappa shape index (κ2) is 4.64. The minimum absolute atomic E-state index is 0.01000. The zero-order valence-electron chi connectivity index (χ0n) is 10.7. The van der Waals surface area contributed by atoms with Crippen molar-refractivity contribution in [2.45, 2.75) is 24.9 Å². The van der Waals surface area contributed by atoms with Crippen LogP contribution in [0.2, 0.25) is 0 Å². The van der Waals surface area contributed by atoms with E-state index in [9.17, 15) is 18.0 Å². The fraction of sp³-hybridized carbons (Fsp3) is 0.500. The number of rotatable bonds is 3. The molecule has 1 aromatic heterocycles. The molecule has 2 amide bonds. The Morgan fingerprint density at radius 2 is 2.29 bits per heavy atom. The zero-order valence-corrected chi connectivity index (χ0v) is 12.3. The lowest BCUT2D eigenvalue weighted by Crippen LogP contribution is -2.68. The van der Waals surface area contributed by atoms with Gasteiger partial charge in [-0.2, -0.15) is 8.42 Å². The number of hydrogen-bond acceptors (Lipinski definition) is 7. The number of thiazole rings is 1. The molecule has 2 aliphatic rings. The third kappa shape index (κ3) is 2.26. The Balaban J connectivity index is 1.72. The van der Waals surface area contributed by atoms with Gasteiger partial charge in [-0.15, -0.1) is 11.3 Å². The number of anilines is 1. The van der Waals surface area contributed by atoms with E-state index in [1.165, 1.54) is 16.2 Å². The Morgan fingerprint density at radius 1 is 1.57 bits per heavy atom. The van der Waals surface area contributed by atoms with Crippen LogP contribution in [0.5, 0.6) is 0 Å². The van der Waals surface area contributed by atoms with Crippen LogP contribution in [0, 0.1) is 0 Å². The van der Waals surface area contributed by atoms with Crippen molar-refractivity contribution in [3.63, 3.8) is 0 Å². The van der Waals surface area contributed by atoms with E-state index >= 15 is 0 Å².